The number of hydrogen-bond donors (Lipinski definition) is 2. The molecule has 1 amide bonds. The molecule has 0 atom stereocenters. The van der Waals surface area contributed by atoms with Gasteiger partial charge in [0, 0.05) is 39.8 Å². The van der Waals surface area contributed by atoms with E-state index in [0.717, 1.165) is 44.0 Å². The van der Waals surface area contributed by atoms with Crippen LogP contribution in [0, 0.1) is 0 Å². The standard InChI is InChI=1S/C20H25N3O4/c1-21-20(25)27-19-13-15(7-8-18(19)26-2)14-22-9-11-23(12-10-22)16-5-3-4-6-17(16)24/h3-8,13,24H,9-12,14H2,1-2H3,(H,21,25). The third-order valence-electron chi connectivity index (χ3n) is 4.64. The second-order valence-electron chi connectivity index (χ2n) is 6.38. The fourth-order valence-electron chi connectivity index (χ4n) is 3.19. The van der Waals surface area contributed by atoms with Gasteiger partial charge in [-0.05, 0) is 29.8 Å². The van der Waals surface area contributed by atoms with Crippen LogP contribution in [0.3, 0.4) is 0 Å². The van der Waals surface area contributed by atoms with Gasteiger partial charge in [-0.1, -0.05) is 18.2 Å². The van der Waals surface area contributed by atoms with Crippen LogP contribution in [0.15, 0.2) is 42.5 Å². The van der Waals surface area contributed by atoms with Gasteiger partial charge < -0.3 is 24.8 Å². The normalized spacial score (nSPS) is 14.7. The van der Waals surface area contributed by atoms with E-state index in [9.17, 15) is 9.90 Å². The predicted octanol–water partition coefficient (Wildman–Crippen LogP) is 2.44. The molecule has 1 saturated heterocycles. The second kappa shape index (κ2) is 8.64. The number of anilines is 1. The minimum atomic E-state index is -0.526. The molecule has 0 saturated carbocycles. The van der Waals surface area contributed by atoms with E-state index in [1.165, 1.54) is 7.05 Å². The number of phenolic OH excluding ortho intramolecular Hbond substituents is 1. The van der Waals surface area contributed by atoms with E-state index in [-0.39, 0.29) is 0 Å². The summed E-state index contributed by atoms with van der Waals surface area (Å²) >= 11 is 0. The molecule has 0 radical (unpaired) electrons. The van der Waals surface area contributed by atoms with Crippen molar-refractivity contribution in [1.82, 2.24) is 10.2 Å². The number of ether oxygens (including phenoxy) is 2. The minimum absolute atomic E-state index is 0.317. The molecule has 7 heteroatoms. The van der Waals surface area contributed by atoms with Gasteiger partial charge in [0.1, 0.15) is 5.75 Å². The molecule has 2 N–H and O–H groups in total. The first-order chi connectivity index (χ1) is 13.1. The largest absolute Gasteiger partial charge is 0.506 e. The Hall–Kier alpha value is -2.93. The minimum Gasteiger partial charge on any atom is -0.506 e. The number of phenols is 1. The maximum absolute atomic E-state index is 11.5. The van der Waals surface area contributed by atoms with E-state index in [2.05, 4.69) is 15.1 Å². The van der Waals surface area contributed by atoms with Gasteiger partial charge in [0.05, 0.1) is 12.8 Å². The van der Waals surface area contributed by atoms with Crippen molar-refractivity contribution < 1.29 is 19.4 Å². The van der Waals surface area contributed by atoms with Gasteiger partial charge in [0.15, 0.2) is 11.5 Å². The van der Waals surface area contributed by atoms with E-state index in [1.54, 1.807) is 13.2 Å². The molecule has 0 aliphatic carbocycles. The average Bonchev–Trinajstić information content (AvgIpc) is 2.69. The fraction of sp³-hybridized carbons (Fsp3) is 0.350. The Morgan fingerprint density at radius 2 is 1.85 bits per heavy atom. The zero-order valence-electron chi connectivity index (χ0n) is 15.6. The number of rotatable bonds is 5. The lowest BCUT2D eigenvalue weighted by Crippen LogP contribution is -2.46. The van der Waals surface area contributed by atoms with Crippen molar-refractivity contribution >= 4 is 11.8 Å². The molecule has 0 aromatic heterocycles. The number of para-hydroxylation sites is 2. The summed E-state index contributed by atoms with van der Waals surface area (Å²) in [6.07, 6.45) is -0.526. The highest BCUT2D eigenvalue weighted by molar-refractivity contribution is 5.71. The van der Waals surface area contributed by atoms with E-state index >= 15 is 0 Å². The highest BCUT2D eigenvalue weighted by Crippen LogP contribution is 2.30. The first-order valence-corrected chi connectivity index (χ1v) is 8.92. The van der Waals surface area contributed by atoms with Crippen LogP contribution in [-0.4, -0.2) is 56.4 Å². The molecule has 0 bridgehead atoms. The summed E-state index contributed by atoms with van der Waals surface area (Å²) < 4.78 is 10.5. The van der Waals surface area contributed by atoms with Crippen molar-refractivity contribution in [2.24, 2.45) is 0 Å². The molecular weight excluding hydrogens is 346 g/mol. The van der Waals surface area contributed by atoms with Crippen molar-refractivity contribution in [2.45, 2.75) is 6.54 Å². The molecule has 2 aromatic carbocycles. The zero-order valence-corrected chi connectivity index (χ0v) is 15.6. The summed E-state index contributed by atoms with van der Waals surface area (Å²) in [5, 5.41) is 12.5. The Balaban J connectivity index is 1.62. The summed E-state index contributed by atoms with van der Waals surface area (Å²) in [5.41, 5.74) is 1.92. The maximum Gasteiger partial charge on any atom is 0.412 e. The van der Waals surface area contributed by atoms with Crippen LogP contribution < -0.4 is 19.7 Å². The lowest BCUT2D eigenvalue weighted by Gasteiger charge is -2.36. The predicted molar refractivity (Wildman–Crippen MR) is 104 cm³/mol. The molecular formula is C20H25N3O4. The number of nitrogens with one attached hydrogen (secondary N) is 1. The number of nitrogens with zero attached hydrogens (tertiary/aromatic N) is 2. The van der Waals surface area contributed by atoms with E-state index in [1.807, 2.05) is 36.4 Å². The van der Waals surface area contributed by atoms with Crippen molar-refractivity contribution in [3.63, 3.8) is 0 Å². The van der Waals surface area contributed by atoms with Crippen molar-refractivity contribution in [3.8, 4) is 17.2 Å². The second-order valence-corrected chi connectivity index (χ2v) is 6.38. The number of aromatic hydroxyl groups is 1. The van der Waals surface area contributed by atoms with Gasteiger partial charge in [-0.15, -0.1) is 0 Å². The maximum atomic E-state index is 11.5. The highest BCUT2D eigenvalue weighted by Gasteiger charge is 2.20. The van der Waals surface area contributed by atoms with Crippen LogP contribution in [-0.2, 0) is 6.54 Å². The molecule has 1 heterocycles. The van der Waals surface area contributed by atoms with Crippen molar-refractivity contribution in [1.29, 1.82) is 0 Å². The van der Waals surface area contributed by atoms with E-state index in [4.69, 9.17) is 9.47 Å². The van der Waals surface area contributed by atoms with Gasteiger partial charge in [-0.3, -0.25) is 4.90 Å². The number of benzene rings is 2. The van der Waals surface area contributed by atoms with E-state index in [0.29, 0.717) is 17.2 Å². The smallest absolute Gasteiger partial charge is 0.412 e. The Labute approximate surface area is 159 Å². The number of amides is 1. The van der Waals surface area contributed by atoms with Crippen LogP contribution >= 0.6 is 0 Å². The average molecular weight is 371 g/mol. The monoisotopic (exact) mass is 371 g/mol. The zero-order chi connectivity index (χ0) is 19.2. The molecule has 1 aliphatic rings. The van der Waals surface area contributed by atoms with Crippen molar-refractivity contribution in [2.75, 3.05) is 45.2 Å². The molecule has 144 valence electrons. The molecule has 1 aliphatic heterocycles. The summed E-state index contributed by atoms with van der Waals surface area (Å²) in [6.45, 7) is 4.20. The molecule has 7 nitrogen and oxygen atoms in total. The fourth-order valence-corrected chi connectivity index (χ4v) is 3.19. The Morgan fingerprint density at radius 1 is 1.11 bits per heavy atom. The van der Waals surface area contributed by atoms with Gasteiger partial charge in [-0.25, -0.2) is 4.79 Å². The SMILES string of the molecule is CNC(=O)Oc1cc(CN2CCN(c3ccccc3O)CC2)ccc1OC. The number of carbonyl (C=O) groups is 1. The van der Waals surface area contributed by atoms with E-state index < -0.39 is 6.09 Å². The van der Waals surface area contributed by atoms with Crippen LogP contribution in [0.4, 0.5) is 10.5 Å². The Bertz CT molecular complexity index is 789. The topological polar surface area (TPSA) is 74.3 Å². The quantitative estimate of drug-likeness (QED) is 0.841. The van der Waals surface area contributed by atoms with Crippen molar-refractivity contribution in [3.05, 3.63) is 48.0 Å². The van der Waals surface area contributed by atoms with Gasteiger partial charge in [0.2, 0.25) is 0 Å². The van der Waals surface area contributed by atoms with Crippen LogP contribution in [0.25, 0.3) is 0 Å². The first kappa shape index (κ1) is 18.8. The summed E-state index contributed by atoms with van der Waals surface area (Å²) in [4.78, 5) is 16.1. The van der Waals surface area contributed by atoms with Crippen LogP contribution in [0.5, 0.6) is 17.2 Å². The first-order valence-electron chi connectivity index (χ1n) is 8.92. The van der Waals surface area contributed by atoms with Crippen LogP contribution in [0.2, 0.25) is 0 Å². The number of hydrogen-bond acceptors (Lipinski definition) is 6. The lowest BCUT2D eigenvalue weighted by molar-refractivity contribution is 0.200. The lowest BCUT2D eigenvalue weighted by atomic mass is 10.1. The summed E-state index contributed by atoms with van der Waals surface area (Å²) in [7, 11) is 3.06. The number of piperazine rings is 1. The molecule has 3 rings (SSSR count). The third kappa shape index (κ3) is 4.62. The Morgan fingerprint density at radius 3 is 2.52 bits per heavy atom. The Kier molecular flexibility index (Phi) is 6.03. The molecule has 27 heavy (non-hydrogen) atoms. The molecule has 0 spiro atoms. The number of methoxy groups -OCH3 is 1. The molecule has 2 aromatic rings. The molecule has 0 unspecified atom stereocenters. The summed E-state index contributed by atoms with van der Waals surface area (Å²) in [5.74, 6) is 1.24. The van der Waals surface area contributed by atoms with Gasteiger partial charge >= 0.3 is 6.09 Å². The van der Waals surface area contributed by atoms with Gasteiger partial charge in [0.25, 0.3) is 0 Å². The third-order valence-corrected chi connectivity index (χ3v) is 4.64. The number of carbonyl (C=O) groups excluding carboxylic acids is 1. The summed E-state index contributed by atoms with van der Waals surface area (Å²) in [6, 6.07) is 13.0. The highest BCUT2D eigenvalue weighted by atomic mass is 16.6. The molecule has 1 fully saturated rings. The van der Waals surface area contributed by atoms with Crippen LogP contribution in [0.1, 0.15) is 5.56 Å². The van der Waals surface area contributed by atoms with Gasteiger partial charge in [-0.2, -0.15) is 0 Å².